The van der Waals surface area contributed by atoms with Crippen molar-refractivity contribution in [1.82, 2.24) is 0 Å². The van der Waals surface area contributed by atoms with Crippen molar-refractivity contribution in [3.63, 3.8) is 0 Å². The van der Waals surface area contributed by atoms with Crippen molar-refractivity contribution in [2.45, 2.75) is 13.3 Å². The molecule has 2 amide bonds. The van der Waals surface area contributed by atoms with Gasteiger partial charge in [-0.2, -0.15) is 0 Å². The first-order valence-electron chi connectivity index (χ1n) is 7.51. The number of fused-ring (bicyclic) bond motifs is 1. The van der Waals surface area contributed by atoms with Gasteiger partial charge in [0.2, 0.25) is 5.91 Å². The van der Waals surface area contributed by atoms with Crippen LogP contribution in [0.2, 0.25) is 0 Å². The molecule has 3 rings (SSSR count). The third kappa shape index (κ3) is 2.77. The molecule has 0 saturated heterocycles. The highest BCUT2D eigenvalue weighted by atomic mass is 16.5. The zero-order valence-electron chi connectivity index (χ0n) is 13.1. The fourth-order valence-electron chi connectivity index (χ4n) is 2.84. The number of nitrogens with zero attached hydrogens (tertiary/aromatic N) is 1. The van der Waals surface area contributed by atoms with E-state index in [2.05, 4.69) is 5.32 Å². The van der Waals surface area contributed by atoms with Gasteiger partial charge in [-0.1, -0.05) is 12.1 Å². The number of anilines is 2. The molecule has 0 atom stereocenters. The van der Waals surface area contributed by atoms with Gasteiger partial charge in [0, 0.05) is 17.9 Å². The van der Waals surface area contributed by atoms with Crippen LogP contribution in [0.4, 0.5) is 11.4 Å². The molecule has 5 nitrogen and oxygen atoms in total. The molecule has 0 radical (unpaired) electrons. The van der Waals surface area contributed by atoms with Crippen LogP contribution in [0, 0.1) is 0 Å². The molecule has 1 heterocycles. The highest BCUT2D eigenvalue weighted by Crippen LogP contribution is 2.31. The van der Waals surface area contributed by atoms with E-state index in [4.69, 9.17) is 4.74 Å². The molecule has 0 fully saturated rings. The van der Waals surface area contributed by atoms with Gasteiger partial charge in [0.25, 0.3) is 5.91 Å². The first kappa shape index (κ1) is 15.1. The van der Waals surface area contributed by atoms with E-state index in [0.717, 1.165) is 11.3 Å². The van der Waals surface area contributed by atoms with Crippen LogP contribution in [0.25, 0.3) is 0 Å². The average Bonchev–Trinajstić information content (AvgIpc) is 2.88. The number of hydrogen-bond acceptors (Lipinski definition) is 3. The summed E-state index contributed by atoms with van der Waals surface area (Å²) < 4.78 is 5.21. The lowest BCUT2D eigenvalue weighted by Crippen LogP contribution is -2.25. The quantitative estimate of drug-likeness (QED) is 0.944. The molecule has 5 heteroatoms. The standard InChI is InChI=1S/C18H18N2O3/c1-3-20-15-9-8-13(10-12(15)11-17(20)21)19-18(22)14-6-4-5-7-16(14)23-2/h4-10H,3,11H2,1-2H3,(H,19,22). The number of hydrogen-bond donors (Lipinski definition) is 1. The second-order valence-corrected chi connectivity index (χ2v) is 5.31. The Morgan fingerprint density at radius 2 is 2.04 bits per heavy atom. The van der Waals surface area contributed by atoms with Gasteiger partial charge in [-0.15, -0.1) is 0 Å². The number of amides is 2. The number of benzene rings is 2. The van der Waals surface area contributed by atoms with Crippen LogP contribution in [0.1, 0.15) is 22.8 Å². The Kier molecular flexibility index (Phi) is 4.02. The van der Waals surface area contributed by atoms with Gasteiger partial charge in [-0.3, -0.25) is 9.59 Å². The molecule has 2 aromatic rings. The number of ether oxygens (including phenoxy) is 1. The van der Waals surface area contributed by atoms with Crippen LogP contribution >= 0.6 is 0 Å². The van der Waals surface area contributed by atoms with E-state index in [-0.39, 0.29) is 11.8 Å². The van der Waals surface area contributed by atoms with Crippen molar-refractivity contribution in [3.8, 4) is 5.75 Å². The third-order valence-electron chi connectivity index (χ3n) is 3.94. The largest absolute Gasteiger partial charge is 0.496 e. The molecule has 0 bridgehead atoms. The second-order valence-electron chi connectivity index (χ2n) is 5.31. The Balaban J connectivity index is 1.83. The Labute approximate surface area is 134 Å². The van der Waals surface area contributed by atoms with Crippen LogP contribution in [-0.4, -0.2) is 25.5 Å². The lowest BCUT2D eigenvalue weighted by atomic mass is 10.1. The monoisotopic (exact) mass is 310 g/mol. The molecular weight excluding hydrogens is 292 g/mol. The first-order chi connectivity index (χ1) is 11.1. The van der Waals surface area contributed by atoms with Crippen molar-refractivity contribution in [2.75, 3.05) is 23.9 Å². The number of para-hydroxylation sites is 1. The molecule has 0 aromatic heterocycles. The van der Waals surface area contributed by atoms with E-state index in [1.54, 1.807) is 23.1 Å². The van der Waals surface area contributed by atoms with Crippen LogP contribution in [0.15, 0.2) is 42.5 Å². The highest BCUT2D eigenvalue weighted by Gasteiger charge is 2.26. The fraction of sp³-hybridized carbons (Fsp3) is 0.222. The van der Waals surface area contributed by atoms with Crippen LogP contribution < -0.4 is 15.0 Å². The van der Waals surface area contributed by atoms with E-state index in [1.165, 1.54) is 7.11 Å². The highest BCUT2D eigenvalue weighted by molar-refractivity contribution is 6.07. The summed E-state index contributed by atoms with van der Waals surface area (Å²) in [5.41, 5.74) is 3.01. The lowest BCUT2D eigenvalue weighted by Gasteiger charge is -2.15. The molecule has 0 aliphatic carbocycles. The molecule has 0 spiro atoms. The van der Waals surface area contributed by atoms with Crippen LogP contribution in [0.3, 0.4) is 0 Å². The normalized spacial score (nSPS) is 13.0. The Hall–Kier alpha value is -2.82. The van der Waals surface area contributed by atoms with E-state index in [9.17, 15) is 9.59 Å². The van der Waals surface area contributed by atoms with E-state index in [0.29, 0.717) is 30.0 Å². The maximum absolute atomic E-state index is 12.4. The summed E-state index contributed by atoms with van der Waals surface area (Å²) in [5.74, 6) is 0.383. The fourth-order valence-corrected chi connectivity index (χ4v) is 2.84. The zero-order valence-corrected chi connectivity index (χ0v) is 13.1. The SMILES string of the molecule is CCN1C(=O)Cc2cc(NC(=O)c3ccccc3OC)ccc21. The first-order valence-corrected chi connectivity index (χ1v) is 7.51. The summed E-state index contributed by atoms with van der Waals surface area (Å²) >= 11 is 0. The summed E-state index contributed by atoms with van der Waals surface area (Å²) in [5, 5.41) is 2.86. The smallest absolute Gasteiger partial charge is 0.259 e. The molecule has 0 saturated carbocycles. The van der Waals surface area contributed by atoms with Gasteiger partial charge in [-0.05, 0) is 42.8 Å². The molecule has 1 N–H and O–H groups in total. The van der Waals surface area contributed by atoms with Crippen LogP contribution in [-0.2, 0) is 11.2 Å². The number of carbonyl (C=O) groups excluding carboxylic acids is 2. The van der Waals surface area contributed by atoms with Crippen molar-refractivity contribution < 1.29 is 14.3 Å². The van der Waals surface area contributed by atoms with Crippen molar-refractivity contribution >= 4 is 23.2 Å². The summed E-state index contributed by atoms with van der Waals surface area (Å²) in [6, 6.07) is 12.6. The number of methoxy groups -OCH3 is 1. The minimum absolute atomic E-state index is 0.0932. The van der Waals surface area contributed by atoms with E-state index < -0.39 is 0 Å². The van der Waals surface area contributed by atoms with Crippen LogP contribution in [0.5, 0.6) is 5.75 Å². The summed E-state index contributed by atoms with van der Waals surface area (Å²) in [6.07, 6.45) is 0.377. The van der Waals surface area contributed by atoms with Gasteiger partial charge in [0.1, 0.15) is 5.75 Å². The molecule has 1 aliphatic rings. The minimum atomic E-state index is -0.237. The maximum Gasteiger partial charge on any atom is 0.259 e. The van der Waals surface area contributed by atoms with E-state index >= 15 is 0 Å². The lowest BCUT2D eigenvalue weighted by molar-refractivity contribution is -0.117. The van der Waals surface area contributed by atoms with E-state index in [1.807, 2.05) is 31.2 Å². The van der Waals surface area contributed by atoms with Gasteiger partial charge in [-0.25, -0.2) is 0 Å². The minimum Gasteiger partial charge on any atom is -0.496 e. The van der Waals surface area contributed by atoms with Gasteiger partial charge in [0.15, 0.2) is 0 Å². The summed E-state index contributed by atoms with van der Waals surface area (Å²) in [4.78, 5) is 26.1. The number of likely N-dealkylation sites (N-methyl/N-ethyl adjacent to an activating group) is 1. The van der Waals surface area contributed by atoms with Gasteiger partial charge < -0.3 is 15.0 Å². The Morgan fingerprint density at radius 1 is 1.26 bits per heavy atom. The molecule has 2 aromatic carbocycles. The Morgan fingerprint density at radius 3 is 2.78 bits per heavy atom. The summed E-state index contributed by atoms with van der Waals surface area (Å²) in [6.45, 7) is 2.60. The van der Waals surface area contributed by atoms with Gasteiger partial charge in [0.05, 0.1) is 19.1 Å². The topological polar surface area (TPSA) is 58.6 Å². The van der Waals surface area contributed by atoms with Crippen molar-refractivity contribution in [3.05, 3.63) is 53.6 Å². The molecular formula is C18H18N2O3. The number of carbonyl (C=O) groups is 2. The molecule has 23 heavy (non-hydrogen) atoms. The second kappa shape index (κ2) is 6.12. The molecule has 1 aliphatic heterocycles. The number of nitrogens with one attached hydrogen (secondary N) is 1. The predicted molar refractivity (Wildman–Crippen MR) is 89.1 cm³/mol. The Bertz CT molecular complexity index is 771. The predicted octanol–water partition coefficient (Wildman–Crippen LogP) is 2.86. The van der Waals surface area contributed by atoms with Gasteiger partial charge >= 0.3 is 0 Å². The maximum atomic E-state index is 12.4. The van der Waals surface area contributed by atoms with Crippen molar-refractivity contribution in [1.29, 1.82) is 0 Å². The summed E-state index contributed by atoms with van der Waals surface area (Å²) in [7, 11) is 1.53. The molecule has 0 unspecified atom stereocenters. The average molecular weight is 310 g/mol. The number of rotatable bonds is 4. The zero-order chi connectivity index (χ0) is 16.4. The molecule has 118 valence electrons. The van der Waals surface area contributed by atoms with Crippen molar-refractivity contribution in [2.24, 2.45) is 0 Å². The third-order valence-corrected chi connectivity index (χ3v) is 3.94.